The van der Waals surface area contributed by atoms with Crippen LogP contribution in [-0.4, -0.2) is 32.2 Å². The maximum absolute atomic E-state index is 13.3. The van der Waals surface area contributed by atoms with Crippen molar-refractivity contribution >= 4 is 16.9 Å². The van der Waals surface area contributed by atoms with Gasteiger partial charge in [-0.3, -0.25) is 14.3 Å². The van der Waals surface area contributed by atoms with Crippen LogP contribution in [0.15, 0.2) is 44.4 Å². The molecule has 31 heavy (non-hydrogen) atoms. The molecule has 3 aromatic heterocycles. The molecule has 0 aliphatic heterocycles. The van der Waals surface area contributed by atoms with Crippen molar-refractivity contribution in [2.75, 3.05) is 7.11 Å². The number of methoxy groups -OCH3 is 1. The molecular weight excluding hydrogens is 400 g/mol. The van der Waals surface area contributed by atoms with E-state index in [0.29, 0.717) is 45.7 Å². The van der Waals surface area contributed by atoms with Crippen LogP contribution in [0.3, 0.4) is 0 Å². The van der Waals surface area contributed by atoms with Gasteiger partial charge >= 0.3 is 5.97 Å². The summed E-state index contributed by atoms with van der Waals surface area (Å²) < 4.78 is 14.6. The Bertz CT molecular complexity index is 1430. The Labute approximate surface area is 177 Å². The summed E-state index contributed by atoms with van der Waals surface area (Å²) >= 11 is 0. The quantitative estimate of drug-likeness (QED) is 0.469. The second-order valence-electron chi connectivity index (χ2n) is 7.20. The topological polar surface area (TPSA) is 101 Å². The summed E-state index contributed by atoms with van der Waals surface area (Å²) in [5.41, 5.74) is 2.34. The van der Waals surface area contributed by atoms with Gasteiger partial charge in [-0.15, -0.1) is 0 Å². The number of carbonyl (C=O) groups excluding carboxylic acids is 1. The maximum Gasteiger partial charge on any atom is 0.358 e. The van der Waals surface area contributed by atoms with E-state index in [-0.39, 0.29) is 16.8 Å². The van der Waals surface area contributed by atoms with Gasteiger partial charge in [-0.1, -0.05) is 12.1 Å². The summed E-state index contributed by atoms with van der Waals surface area (Å²) in [5, 5.41) is 0.387. The van der Waals surface area contributed by atoms with Crippen LogP contribution in [-0.2, 0) is 18.3 Å². The molecule has 0 radical (unpaired) electrons. The molecule has 4 rings (SSSR count). The highest BCUT2D eigenvalue weighted by molar-refractivity contribution is 6.01. The number of hydrogen-bond donors (Lipinski definition) is 0. The summed E-state index contributed by atoms with van der Waals surface area (Å²) in [5.74, 6) is -0.0842. The maximum atomic E-state index is 13.3. The van der Waals surface area contributed by atoms with Crippen molar-refractivity contribution < 1.29 is 14.1 Å². The molecule has 0 saturated carbocycles. The van der Waals surface area contributed by atoms with Crippen LogP contribution < -0.4 is 11.1 Å². The van der Waals surface area contributed by atoms with Crippen LogP contribution in [0.5, 0.6) is 0 Å². The minimum absolute atomic E-state index is 0.101. The van der Waals surface area contributed by atoms with E-state index >= 15 is 0 Å². The molecule has 0 spiro atoms. The Morgan fingerprint density at radius 2 is 1.81 bits per heavy atom. The average molecular weight is 422 g/mol. The van der Waals surface area contributed by atoms with E-state index in [2.05, 4.69) is 4.98 Å². The predicted octanol–water partition coefficient (Wildman–Crippen LogP) is 2.57. The molecule has 0 aliphatic rings. The minimum atomic E-state index is -0.602. The number of esters is 1. The zero-order valence-electron chi connectivity index (χ0n) is 17.9. The molecule has 0 unspecified atom stereocenters. The first-order chi connectivity index (χ1) is 14.8. The molecule has 9 nitrogen and oxygen atoms in total. The fraction of sp³-hybridized carbons (Fsp3) is 0.273. The van der Waals surface area contributed by atoms with Gasteiger partial charge < -0.3 is 9.26 Å². The highest BCUT2D eigenvalue weighted by Crippen LogP contribution is 2.24. The fourth-order valence-corrected chi connectivity index (χ4v) is 3.91. The number of nitrogens with zero attached hydrogens (tertiary/aromatic N) is 4. The molecule has 0 aliphatic carbocycles. The van der Waals surface area contributed by atoms with Crippen LogP contribution in [0.2, 0.25) is 0 Å². The Morgan fingerprint density at radius 1 is 1.13 bits per heavy atom. The molecule has 1 aromatic carbocycles. The van der Waals surface area contributed by atoms with Crippen molar-refractivity contribution in [1.29, 1.82) is 0 Å². The lowest BCUT2D eigenvalue weighted by Gasteiger charge is -2.12. The number of hydrogen-bond acceptors (Lipinski definition) is 6. The van der Waals surface area contributed by atoms with E-state index in [4.69, 9.17) is 9.26 Å². The van der Waals surface area contributed by atoms with Gasteiger partial charge in [0, 0.05) is 19.3 Å². The third-order valence-electron chi connectivity index (χ3n) is 5.25. The number of fused-ring (bicyclic) bond motifs is 1. The van der Waals surface area contributed by atoms with E-state index in [0.717, 1.165) is 0 Å². The molecule has 0 amide bonds. The highest BCUT2D eigenvalue weighted by atomic mass is 16.5. The van der Waals surface area contributed by atoms with Crippen LogP contribution in [0.4, 0.5) is 0 Å². The van der Waals surface area contributed by atoms with Gasteiger partial charge in [-0.05, 0) is 44.5 Å². The molecule has 160 valence electrons. The average Bonchev–Trinajstić information content (AvgIpc) is 3.18. The lowest BCUT2D eigenvalue weighted by Crippen LogP contribution is -2.21. The van der Waals surface area contributed by atoms with E-state index < -0.39 is 5.97 Å². The summed E-state index contributed by atoms with van der Waals surface area (Å²) in [4.78, 5) is 42.3. The molecule has 3 heterocycles. The van der Waals surface area contributed by atoms with E-state index in [9.17, 15) is 14.4 Å². The zero-order chi connectivity index (χ0) is 22.4. The molecule has 4 aromatic rings. The molecule has 0 fully saturated rings. The molecule has 9 heteroatoms. The van der Waals surface area contributed by atoms with Crippen molar-refractivity contribution in [2.24, 2.45) is 7.05 Å². The number of aryl methyl sites for hydroxylation is 4. The summed E-state index contributed by atoms with van der Waals surface area (Å²) in [6, 6.07) is 8.71. The number of rotatable bonds is 4. The highest BCUT2D eigenvalue weighted by Gasteiger charge is 2.23. The van der Waals surface area contributed by atoms with Crippen LogP contribution in [0.1, 0.15) is 28.9 Å². The summed E-state index contributed by atoms with van der Waals surface area (Å²) in [6.45, 7) is 5.76. The van der Waals surface area contributed by atoms with Gasteiger partial charge in [0.15, 0.2) is 5.69 Å². The standard InChI is InChI=1S/C22H22N4O5/c1-6-25-19-16(11-12(2)23-18(19)22(29)30-5)20(27)26(25)15-9-7-14(8-10-15)17-13(3)31-24(4)21(17)28/h7-11H,6H2,1-5H3. The van der Waals surface area contributed by atoms with E-state index in [1.165, 1.54) is 16.5 Å². The second kappa shape index (κ2) is 7.42. The fourth-order valence-electron chi connectivity index (χ4n) is 3.91. The lowest BCUT2D eigenvalue weighted by atomic mass is 10.1. The van der Waals surface area contributed by atoms with Crippen molar-refractivity contribution in [1.82, 2.24) is 19.1 Å². The van der Waals surface area contributed by atoms with Gasteiger partial charge in [-0.2, -0.15) is 4.74 Å². The van der Waals surface area contributed by atoms with E-state index in [1.807, 2.05) is 6.92 Å². The summed E-state index contributed by atoms with van der Waals surface area (Å²) in [6.07, 6.45) is 0. The van der Waals surface area contributed by atoms with Crippen LogP contribution in [0, 0.1) is 13.8 Å². The SMILES string of the molecule is CCn1c2c(C(=O)OC)nc(C)cc2c(=O)n1-c1ccc(-c2c(C)on(C)c2=O)cc1. The number of ether oxygens (including phenoxy) is 1. The molecule has 0 atom stereocenters. The Hall–Kier alpha value is -3.88. The molecule has 0 saturated heterocycles. The van der Waals surface area contributed by atoms with Gasteiger partial charge in [0.25, 0.3) is 11.1 Å². The van der Waals surface area contributed by atoms with Gasteiger partial charge in [-0.25, -0.2) is 14.5 Å². The van der Waals surface area contributed by atoms with Crippen molar-refractivity contribution in [3.8, 4) is 16.8 Å². The Morgan fingerprint density at radius 3 is 2.35 bits per heavy atom. The number of carbonyl (C=O) groups is 1. The van der Waals surface area contributed by atoms with Gasteiger partial charge in [0.2, 0.25) is 0 Å². The normalized spacial score (nSPS) is 11.3. The first-order valence-electron chi connectivity index (χ1n) is 9.77. The first kappa shape index (κ1) is 20.4. The van der Waals surface area contributed by atoms with Crippen LogP contribution >= 0.6 is 0 Å². The number of benzene rings is 1. The Balaban J connectivity index is 1.94. The molecule has 0 bridgehead atoms. The Kier molecular flexibility index (Phi) is 4.88. The van der Waals surface area contributed by atoms with Crippen molar-refractivity contribution in [2.45, 2.75) is 27.3 Å². The van der Waals surface area contributed by atoms with Crippen molar-refractivity contribution in [3.63, 3.8) is 0 Å². The number of pyridine rings is 1. The monoisotopic (exact) mass is 422 g/mol. The third kappa shape index (κ3) is 3.09. The largest absolute Gasteiger partial charge is 0.464 e. The van der Waals surface area contributed by atoms with Crippen molar-refractivity contribution in [3.05, 3.63) is 68.2 Å². The smallest absolute Gasteiger partial charge is 0.358 e. The zero-order valence-corrected chi connectivity index (χ0v) is 17.9. The van der Waals surface area contributed by atoms with Crippen LogP contribution in [0.25, 0.3) is 27.7 Å². The van der Waals surface area contributed by atoms with E-state index in [1.54, 1.807) is 55.9 Å². The number of aromatic nitrogens is 4. The predicted molar refractivity (Wildman–Crippen MR) is 115 cm³/mol. The third-order valence-corrected chi connectivity index (χ3v) is 5.25. The molecule has 0 N–H and O–H groups in total. The van der Waals surface area contributed by atoms with Gasteiger partial charge in [0.1, 0.15) is 11.3 Å². The second-order valence-corrected chi connectivity index (χ2v) is 7.20. The first-order valence-corrected chi connectivity index (χ1v) is 9.77. The molecular formula is C22H22N4O5. The lowest BCUT2D eigenvalue weighted by molar-refractivity contribution is 0.0595. The summed E-state index contributed by atoms with van der Waals surface area (Å²) in [7, 11) is 2.84. The van der Waals surface area contributed by atoms with Gasteiger partial charge in [0.05, 0.1) is 23.7 Å². The minimum Gasteiger partial charge on any atom is -0.464 e.